The van der Waals surface area contributed by atoms with Crippen molar-refractivity contribution in [3.63, 3.8) is 0 Å². The van der Waals surface area contributed by atoms with E-state index in [1.807, 2.05) is 0 Å². The molecule has 0 aromatic heterocycles. The summed E-state index contributed by atoms with van der Waals surface area (Å²) in [5, 5.41) is 8.33. The largest absolute Gasteiger partial charge is 0.472 e. The summed E-state index contributed by atoms with van der Waals surface area (Å²) >= 11 is 0. The second-order valence-corrected chi connectivity index (χ2v) is 6.13. The molecule has 0 unspecified atom stereocenters. The fourth-order valence-electron chi connectivity index (χ4n) is 2.55. The molecule has 0 aliphatic heterocycles. The van der Waals surface area contributed by atoms with Crippen LogP contribution in [-0.2, 0) is 4.79 Å². The number of unbranched alkanes of at least 4 members (excludes halogenated alkanes) is 13. The maximum Gasteiger partial charge on any atom is 0.381 e. The average molecular weight is 319 g/mol. The molecule has 2 heteroatoms. The van der Waals surface area contributed by atoms with Crippen molar-refractivity contribution in [3.8, 4) is 23.7 Å². The van der Waals surface area contributed by atoms with Crippen LogP contribution in [0, 0.1) is 23.7 Å². The Morgan fingerprint density at radius 2 is 1.17 bits per heavy atom. The number of carboxylic acids is 1. The minimum absolute atomic E-state index is 0.366. The molecule has 0 radical (unpaired) electrons. The number of rotatable bonds is 13. The summed E-state index contributed by atoms with van der Waals surface area (Å²) in [5.74, 6) is 9.44. The van der Waals surface area contributed by atoms with E-state index in [1.54, 1.807) is 0 Å². The molecule has 0 heterocycles. The third-order valence-electron chi connectivity index (χ3n) is 3.90. The minimum atomic E-state index is -1.08. The lowest BCUT2D eigenvalue weighted by atomic mass is 10.0. The number of carbonyl (C=O) groups is 1. The Morgan fingerprint density at radius 3 is 1.65 bits per heavy atom. The van der Waals surface area contributed by atoms with Crippen LogP contribution in [-0.4, -0.2) is 11.1 Å². The Morgan fingerprint density at radius 1 is 0.696 bits per heavy atom. The molecule has 0 saturated carbocycles. The van der Waals surface area contributed by atoms with Crippen molar-refractivity contribution < 1.29 is 9.90 Å². The minimum Gasteiger partial charge on any atom is -0.472 e. The Hall–Kier alpha value is -1.41. The first-order chi connectivity index (χ1) is 11.3. The SMILES string of the molecule is CCCCCCCCCCCCCCCC#CCC#CC(=O)O. The first kappa shape index (κ1) is 21.6. The van der Waals surface area contributed by atoms with Crippen LogP contribution in [0.3, 0.4) is 0 Å². The van der Waals surface area contributed by atoms with Crippen molar-refractivity contribution in [3.05, 3.63) is 0 Å². The zero-order valence-corrected chi connectivity index (χ0v) is 15.0. The quantitative estimate of drug-likeness (QED) is 0.336. The maximum absolute atomic E-state index is 10.1. The summed E-state index contributed by atoms with van der Waals surface area (Å²) in [5.41, 5.74) is 0. The highest BCUT2D eigenvalue weighted by Gasteiger charge is 1.93. The van der Waals surface area contributed by atoms with Crippen molar-refractivity contribution in [2.75, 3.05) is 0 Å². The van der Waals surface area contributed by atoms with Gasteiger partial charge in [-0.15, -0.1) is 5.92 Å². The van der Waals surface area contributed by atoms with E-state index in [9.17, 15) is 4.79 Å². The highest BCUT2D eigenvalue weighted by atomic mass is 16.4. The van der Waals surface area contributed by atoms with Gasteiger partial charge in [0.15, 0.2) is 0 Å². The van der Waals surface area contributed by atoms with Gasteiger partial charge in [0, 0.05) is 12.3 Å². The molecule has 2 nitrogen and oxygen atoms in total. The molecule has 0 aliphatic rings. The molecule has 0 bridgehead atoms. The lowest BCUT2D eigenvalue weighted by Crippen LogP contribution is -1.85. The smallest absolute Gasteiger partial charge is 0.381 e. The Kier molecular flexibility index (Phi) is 17.5. The highest BCUT2D eigenvalue weighted by molar-refractivity contribution is 5.86. The van der Waals surface area contributed by atoms with Gasteiger partial charge in [-0.05, 0) is 6.42 Å². The average Bonchev–Trinajstić information content (AvgIpc) is 2.53. The van der Waals surface area contributed by atoms with Gasteiger partial charge in [-0.1, -0.05) is 95.8 Å². The third-order valence-corrected chi connectivity index (χ3v) is 3.90. The van der Waals surface area contributed by atoms with Crippen molar-refractivity contribution in [2.45, 2.75) is 103 Å². The first-order valence-electron chi connectivity index (χ1n) is 9.45. The molecule has 0 aromatic rings. The third kappa shape index (κ3) is 20.6. The van der Waals surface area contributed by atoms with Gasteiger partial charge in [-0.25, -0.2) is 4.79 Å². The molecule has 0 amide bonds. The van der Waals surface area contributed by atoms with Crippen molar-refractivity contribution in [2.24, 2.45) is 0 Å². The highest BCUT2D eigenvalue weighted by Crippen LogP contribution is 2.12. The molecule has 0 aromatic carbocycles. The van der Waals surface area contributed by atoms with E-state index in [4.69, 9.17) is 5.11 Å². The van der Waals surface area contributed by atoms with Gasteiger partial charge >= 0.3 is 5.97 Å². The molecule has 0 saturated heterocycles. The van der Waals surface area contributed by atoms with E-state index >= 15 is 0 Å². The van der Waals surface area contributed by atoms with Gasteiger partial charge in [0.2, 0.25) is 0 Å². The zero-order valence-electron chi connectivity index (χ0n) is 15.0. The molecular formula is C21H34O2. The van der Waals surface area contributed by atoms with E-state index in [2.05, 4.69) is 30.6 Å². The first-order valence-corrected chi connectivity index (χ1v) is 9.45. The number of aliphatic carboxylic acids is 1. The Bertz CT molecular complexity index is 390. The van der Waals surface area contributed by atoms with Crippen LogP contribution >= 0.6 is 0 Å². The van der Waals surface area contributed by atoms with Crippen LogP contribution < -0.4 is 0 Å². The van der Waals surface area contributed by atoms with Crippen molar-refractivity contribution in [1.29, 1.82) is 0 Å². The molecule has 130 valence electrons. The topological polar surface area (TPSA) is 37.3 Å². The number of hydrogen-bond acceptors (Lipinski definition) is 1. The van der Waals surface area contributed by atoms with E-state index in [0.717, 1.165) is 12.8 Å². The van der Waals surface area contributed by atoms with E-state index in [0.29, 0.717) is 6.42 Å². The molecule has 0 spiro atoms. The number of carboxylic acid groups (broad SMARTS) is 1. The second-order valence-electron chi connectivity index (χ2n) is 6.13. The van der Waals surface area contributed by atoms with Gasteiger partial charge in [0.05, 0.1) is 6.42 Å². The zero-order chi connectivity index (χ0) is 17.0. The standard InChI is InChI=1S/C21H34O2/c1-2-3-4-5-6-7-8-9-10-11-12-13-14-15-16-17-18-19-20-21(22)23/h2-15,18H2,1H3,(H,22,23). The summed E-state index contributed by atoms with van der Waals surface area (Å²) in [6.45, 7) is 2.27. The molecule has 0 rings (SSSR count). The van der Waals surface area contributed by atoms with E-state index < -0.39 is 5.97 Å². The summed E-state index contributed by atoms with van der Waals surface area (Å²) in [7, 11) is 0. The Balaban J connectivity index is 3.15. The van der Waals surface area contributed by atoms with Gasteiger partial charge in [0.1, 0.15) is 0 Å². The van der Waals surface area contributed by atoms with Crippen molar-refractivity contribution >= 4 is 5.97 Å². The van der Waals surface area contributed by atoms with Crippen molar-refractivity contribution in [1.82, 2.24) is 0 Å². The normalized spacial score (nSPS) is 9.61. The van der Waals surface area contributed by atoms with Crippen LogP contribution in [0.4, 0.5) is 0 Å². The summed E-state index contributed by atoms with van der Waals surface area (Å²) < 4.78 is 0. The lowest BCUT2D eigenvalue weighted by Gasteiger charge is -2.02. The lowest BCUT2D eigenvalue weighted by molar-refractivity contribution is -0.130. The Labute approximate surface area is 143 Å². The summed E-state index contributed by atoms with van der Waals surface area (Å²) in [4.78, 5) is 10.1. The second kappa shape index (κ2) is 18.6. The maximum atomic E-state index is 10.1. The molecule has 1 N–H and O–H groups in total. The molecule has 0 aliphatic carbocycles. The summed E-state index contributed by atoms with van der Waals surface area (Å²) in [6.07, 6.45) is 19.0. The van der Waals surface area contributed by atoms with E-state index in [-0.39, 0.29) is 0 Å². The van der Waals surface area contributed by atoms with Gasteiger partial charge in [-0.2, -0.15) is 0 Å². The van der Waals surface area contributed by atoms with Crippen LogP contribution in [0.25, 0.3) is 0 Å². The van der Waals surface area contributed by atoms with E-state index in [1.165, 1.54) is 77.0 Å². The molecule has 23 heavy (non-hydrogen) atoms. The predicted molar refractivity (Wildman–Crippen MR) is 98.1 cm³/mol. The molecular weight excluding hydrogens is 284 g/mol. The predicted octanol–water partition coefficient (Wildman–Crippen LogP) is 5.95. The molecule has 0 atom stereocenters. The number of hydrogen-bond donors (Lipinski definition) is 1. The van der Waals surface area contributed by atoms with Crippen LogP contribution in [0.1, 0.15) is 103 Å². The van der Waals surface area contributed by atoms with Crippen LogP contribution in [0.15, 0.2) is 0 Å². The van der Waals surface area contributed by atoms with Gasteiger partial charge < -0.3 is 5.11 Å². The summed E-state index contributed by atoms with van der Waals surface area (Å²) in [6, 6.07) is 0. The van der Waals surface area contributed by atoms with Crippen LogP contribution in [0.2, 0.25) is 0 Å². The van der Waals surface area contributed by atoms with Crippen LogP contribution in [0.5, 0.6) is 0 Å². The molecule has 0 fully saturated rings. The van der Waals surface area contributed by atoms with Gasteiger partial charge in [-0.3, -0.25) is 0 Å². The monoisotopic (exact) mass is 318 g/mol. The fraction of sp³-hybridized carbons (Fsp3) is 0.762. The fourth-order valence-corrected chi connectivity index (χ4v) is 2.55. The van der Waals surface area contributed by atoms with Gasteiger partial charge in [0.25, 0.3) is 0 Å².